The van der Waals surface area contributed by atoms with Gasteiger partial charge in [0.2, 0.25) is 17.6 Å². The normalized spacial score (nSPS) is 10.5. The van der Waals surface area contributed by atoms with E-state index in [2.05, 4.69) is 15.5 Å². The lowest BCUT2D eigenvalue weighted by Crippen LogP contribution is -2.26. The highest BCUT2D eigenvalue weighted by molar-refractivity contribution is 5.76. The lowest BCUT2D eigenvalue weighted by molar-refractivity contribution is -0.121. The molecule has 2 aromatic carbocycles. The van der Waals surface area contributed by atoms with Crippen LogP contribution in [0.15, 0.2) is 59.1 Å². The summed E-state index contributed by atoms with van der Waals surface area (Å²) in [6, 6.07) is 17.4. The van der Waals surface area contributed by atoms with Gasteiger partial charge < -0.3 is 14.6 Å². The average Bonchev–Trinajstić information content (AvgIpc) is 3.16. The van der Waals surface area contributed by atoms with Crippen LogP contribution in [-0.4, -0.2) is 29.7 Å². The minimum Gasteiger partial charge on any atom is -0.496 e. The van der Waals surface area contributed by atoms with E-state index in [9.17, 15) is 4.79 Å². The maximum Gasteiger partial charge on any atom is 0.227 e. The highest BCUT2D eigenvalue weighted by atomic mass is 16.5. The van der Waals surface area contributed by atoms with Crippen LogP contribution in [0.3, 0.4) is 0 Å². The number of para-hydroxylation sites is 1. The van der Waals surface area contributed by atoms with Crippen LogP contribution in [-0.2, 0) is 17.6 Å². The number of ether oxygens (including phenoxy) is 1. The van der Waals surface area contributed by atoms with Gasteiger partial charge in [0.1, 0.15) is 5.75 Å². The molecule has 1 aromatic heterocycles. The number of aryl methyl sites for hydroxylation is 1. The molecule has 3 rings (SSSR count). The fourth-order valence-electron chi connectivity index (χ4n) is 2.62. The van der Waals surface area contributed by atoms with E-state index in [0.717, 1.165) is 16.9 Å². The first kappa shape index (κ1) is 17.7. The van der Waals surface area contributed by atoms with Crippen molar-refractivity contribution in [1.82, 2.24) is 15.5 Å². The summed E-state index contributed by atoms with van der Waals surface area (Å²) in [6.07, 6.45) is 1.44. The number of rotatable bonds is 8. The molecule has 0 aliphatic heterocycles. The van der Waals surface area contributed by atoms with Crippen LogP contribution in [0.1, 0.15) is 17.9 Å². The van der Waals surface area contributed by atoms with Gasteiger partial charge in [0.05, 0.1) is 7.11 Å². The van der Waals surface area contributed by atoms with Crippen LogP contribution in [0.2, 0.25) is 0 Å². The molecule has 0 unspecified atom stereocenters. The fourth-order valence-corrected chi connectivity index (χ4v) is 2.62. The van der Waals surface area contributed by atoms with E-state index in [0.29, 0.717) is 37.5 Å². The summed E-state index contributed by atoms with van der Waals surface area (Å²) in [4.78, 5) is 16.3. The van der Waals surface area contributed by atoms with E-state index in [1.54, 1.807) is 7.11 Å². The van der Waals surface area contributed by atoms with Gasteiger partial charge in [-0.2, -0.15) is 4.98 Å². The molecule has 0 aliphatic carbocycles. The smallest absolute Gasteiger partial charge is 0.227 e. The third kappa shape index (κ3) is 4.69. The molecule has 0 saturated carbocycles. The number of aromatic nitrogens is 2. The van der Waals surface area contributed by atoms with Gasteiger partial charge in [-0.05, 0) is 18.1 Å². The first-order chi connectivity index (χ1) is 12.8. The molecule has 0 bridgehead atoms. The summed E-state index contributed by atoms with van der Waals surface area (Å²) in [5, 5.41) is 6.86. The molecule has 134 valence electrons. The Hall–Kier alpha value is -3.15. The van der Waals surface area contributed by atoms with E-state index in [1.807, 2.05) is 54.6 Å². The molecule has 6 heteroatoms. The molecule has 1 heterocycles. The second-order valence-corrected chi connectivity index (χ2v) is 5.79. The zero-order valence-corrected chi connectivity index (χ0v) is 14.6. The summed E-state index contributed by atoms with van der Waals surface area (Å²) in [5.74, 6) is 1.79. The van der Waals surface area contributed by atoms with E-state index >= 15 is 0 Å². The maximum atomic E-state index is 12.0. The lowest BCUT2D eigenvalue weighted by Gasteiger charge is -2.08. The molecule has 26 heavy (non-hydrogen) atoms. The Balaban J connectivity index is 1.44. The van der Waals surface area contributed by atoms with E-state index in [-0.39, 0.29) is 5.91 Å². The molecular weight excluding hydrogens is 330 g/mol. The Morgan fingerprint density at radius 1 is 1.08 bits per heavy atom. The van der Waals surface area contributed by atoms with Crippen molar-refractivity contribution < 1.29 is 14.1 Å². The molecule has 1 N–H and O–H groups in total. The Morgan fingerprint density at radius 3 is 2.65 bits per heavy atom. The highest BCUT2D eigenvalue weighted by Gasteiger charge is 2.10. The van der Waals surface area contributed by atoms with Gasteiger partial charge in [0.25, 0.3) is 0 Å². The average molecular weight is 351 g/mol. The second kappa shape index (κ2) is 8.80. The molecule has 0 spiro atoms. The van der Waals surface area contributed by atoms with Crippen molar-refractivity contribution in [3.8, 4) is 17.1 Å². The fraction of sp³-hybridized carbons (Fsp3) is 0.250. The molecule has 0 atom stereocenters. The van der Waals surface area contributed by atoms with E-state index in [1.165, 1.54) is 0 Å². The van der Waals surface area contributed by atoms with Crippen molar-refractivity contribution in [3.05, 3.63) is 66.1 Å². The van der Waals surface area contributed by atoms with Crippen LogP contribution < -0.4 is 10.1 Å². The van der Waals surface area contributed by atoms with Crippen LogP contribution in [0.5, 0.6) is 5.75 Å². The first-order valence-electron chi connectivity index (χ1n) is 8.53. The maximum absolute atomic E-state index is 12.0. The number of benzene rings is 2. The highest BCUT2D eigenvalue weighted by Crippen LogP contribution is 2.17. The molecule has 0 fully saturated rings. The van der Waals surface area contributed by atoms with Crippen molar-refractivity contribution in [1.29, 1.82) is 0 Å². The van der Waals surface area contributed by atoms with Gasteiger partial charge >= 0.3 is 0 Å². The Bertz CT molecular complexity index is 846. The first-order valence-corrected chi connectivity index (χ1v) is 8.53. The van der Waals surface area contributed by atoms with Crippen molar-refractivity contribution in [3.63, 3.8) is 0 Å². The summed E-state index contributed by atoms with van der Waals surface area (Å²) in [7, 11) is 1.64. The quantitative estimate of drug-likeness (QED) is 0.675. The molecule has 1 amide bonds. The minimum atomic E-state index is -0.0423. The predicted octanol–water partition coefficient (Wildman–Crippen LogP) is 3.04. The zero-order chi connectivity index (χ0) is 18.2. The van der Waals surface area contributed by atoms with Gasteiger partial charge in [-0.15, -0.1) is 0 Å². The number of carbonyl (C=O) groups is 1. The van der Waals surface area contributed by atoms with E-state index < -0.39 is 0 Å². The summed E-state index contributed by atoms with van der Waals surface area (Å²) >= 11 is 0. The number of hydrogen-bond acceptors (Lipinski definition) is 5. The number of methoxy groups -OCH3 is 1. The number of amides is 1. The SMILES string of the molecule is COc1ccccc1CCNC(=O)CCc1nc(-c2ccccc2)no1. The standard InChI is InChI=1S/C20H21N3O3/c1-25-17-10-6-5-7-15(17)13-14-21-18(24)11-12-19-22-20(23-26-19)16-8-3-2-4-9-16/h2-10H,11-14H2,1H3,(H,21,24). The minimum absolute atomic E-state index is 0.0423. The van der Waals surface area contributed by atoms with Crippen molar-refractivity contribution in [2.75, 3.05) is 13.7 Å². The van der Waals surface area contributed by atoms with Crippen LogP contribution in [0.25, 0.3) is 11.4 Å². The van der Waals surface area contributed by atoms with Gasteiger partial charge in [0.15, 0.2) is 0 Å². The van der Waals surface area contributed by atoms with Gasteiger partial charge in [-0.3, -0.25) is 4.79 Å². The Kier molecular flexibility index (Phi) is 5.98. The van der Waals surface area contributed by atoms with Crippen molar-refractivity contribution >= 4 is 5.91 Å². The molecule has 3 aromatic rings. The monoisotopic (exact) mass is 351 g/mol. The second-order valence-electron chi connectivity index (χ2n) is 5.79. The van der Waals surface area contributed by atoms with Crippen LogP contribution in [0.4, 0.5) is 0 Å². The van der Waals surface area contributed by atoms with Gasteiger partial charge in [-0.1, -0.05) is 53.7 Å². The number of nitrogens with one attached hydrogen (secondary N) is 1. The Morgan fingerprint density at radius 2 is 1.85 bits per heavy atom. The van der Waals surface area contributed by atoms with E-state index in [4.69, 9.17) is 9.26 Å². The molecule has 0 radical (unpaired) electrons. The molecule has 6 nitrogen and oxygen atoms in total. The van der Waals surface area contributed by atoms with Crippen LogP contribution in [0, 0.1) is 0 Å². The van der Waals surface area contributed by atoms with Crippen molar-refractivity contribution in [2.45, 2.75) is 19.3 Å². The van der Waals surface area contributed by atoms with Gasteiger partial charge in [0, 0.05) is 24.9 Å². The topological polar surface area (TPSA) is 77.2 Å². The lowest BCUT2D eigenvalue weighted by atomic mass is 10.1. The molecule has 0 saturated heterocycles. The summed E-state index contributed by atoms with van der Waals surface area (Å²) < 4.78 is 10.5. The zero-order valence-electron chi connectivity index (χ0n) is 14.6. The largest absolute Gasteiger partial charge is 0.496 e. The predicted molar refractivity (Wildman–Crippen MR) is 97.8 cm³/mol. The van der Waals surface area contributed by atoms with Crippen molar-refractivity contribution in [2.24, 2.45) is 0 Å². The molecule has 0 aliphatic rings. The summed E-state index contributed by atoms with van der Waals surface area (Å²) in [5.41, 5.74) is 1.96. The third-order valence-corrected chi connectivity index (χ3v) is 3.98. The third-order valence-electron chi connectivity index (χ3n) is 3.98. The number of carbonyl (C=O) groups excluding carboxylic acids is 1. The summed E-state index contributed by atoms with van der Waals surface area (Å²) in [6.45, 7) is 0.554. The number of nitrogens with zero attached hydrogens (tertiary/aromatic N) is 2. The number of hydrogen-bond donors (Lipinski definition) is 1. The Labute approximate surface area is 152 Å². The molecular formula is C20H21N3O3. The van der Waals surface area contributed by atoms with Crippen LogP contribution >= 0.6 is 0 Å². The van der Waals surface area contributed by atoms with Gasteiger partial charge in [-0.25, -0.2) is 0 Å².